The molecule has 0 radical (unpaired) electrons. The van der Waals surface area contributed by atoms with Crippen LogP contribution in [0, 0.1) is 12.8 Å². The maximum absolute atomic E-state index is 13.1. The summed E-state index contributed by atoms with van der Waals surface area (Å²) in [6.45, 7) is 6.70. The van der Waals surface area contributed by atoms with E-state index in [9.17, 15) is 13.2 Å². The smallest absolute Gasteiger partial charge is 0.241 e. The Morgan fingerprint density at radius 3 is 2.39 bits per heavy atom. The van der Waals surface area contributed by atoms with Crippen molar-refractivity contribution in [2.45, 2.75) is 51.0 Å². The van der Waals surface area contributed by atoms with E-state index in [4.69, 9.17) is 0 Å². The lowest BCUT2D eigenvalue weighted by Gasteiger charge is -2.22. The van der Waals surface area contributed by atoms with Gasteiger partial charge in [-0.2, -0.15) is 0 Å². The summed E-state index contributed by atoms with van der Waals surface area (Å²) in [7, 11) is -3.68. The summed E-state index contributed by atoms with van der Waals surface area (Å²) in [6, 6.07) is 14.4. The standard InChI is InChI=1S/C22H28N2O3S/c1-16(2)14-20(18-8-5-4-6-9-18)23-28(26,27)19-11-12-21(17(3)15-19)24-13-7-10-22(24)25/h4-6,8-9,11-12,15-16,20,23H,7,10,13-14H2,1-3H3/t20-/m1/s1. The summed E-state index contributed by atoms with van der Waals surface area (Å²) in [5.74, 6) is 0.441. The zero-order valence-electron chi connectivity index (χ0n) is 16.7. The molecule has 2 aromatic carbocycles. The molecule has 0 unspecified atom stereocenters. The molecule has 28 heavy (non-hydrogen) atoms. The number of nitrogens with one attached hydrogen (secondary N) is 1. The fourth-order valence-electron chi connectivity index (χ4n) is 3.67. The summed E-state index contributed by atoms with van der Waals surface area (Å²) in [4.78, 5) is 14.0. The monoisotopic (exact) mass is 400 g/mol. The summed E-state index contributed by atoms with van der Waals surface area (Å²) in [6.07, 6.45) is 2.10. The minimum Gasteiger partial charge on any atom is -0.312 e. The normalized spacial score (nSPS) is 16.0. The average Bonchev–Trinajstić information content (AvgIpc) is 3.07. The van der Waals surface area contributed by atoms with Crippen molar-refractivity contribution in [3.63, 3.8) is 0 Å². The number of hydrogen-bond acceptors (Lipinski definition) is 3. The molecule has 0 bridgehead atoms. The van der Waals surface area contributed by atoms with Gasteiger partial charge in [0.2, 0.25) is 15.9 Å². The van der Waals surface area contributed by atoms with Gasteiger partial charge in [0, 0.05) is 24.7 Å². The second kappa shape index (κ2) is 8.45. The lowest BCUT2D eigenvalue weighted by atomic mass is 9.98. The number of carbonyl (C=O) groups excluding carboxylic acids is 1. The van der Waals surface area contributed by atoms with Crippen LogP contribution in [0.1, 0.15) is 50.3 Å². The van der Waals surface area contributed by atoms with Crippen molar-refractivity contribution in [2.75, 3.05) is 11.4 Å². The number of hydrogen-bond donors (Lipinski definition) is 1. The third-order valence-electron chi connectivity index (χ3n) is 5.05. The molecule has 1 aliphatic heterocycles. The molecule has 2 aromatic rings. The van der Waals surface area contributed by atoms with Crippen LogP contribution in [-0.2, 0) is 14.8 Å². The number of nitrogens with zero attached hydrogens (tertiary/aromatic N) is 1. The minimum absolute atomic E-state index is 0.0953. The number of amides is 1. The Labute approximate surface area is 167 Å². The number of aryl methyl sites for hydroxylation is 1. The van der Waals surface area contributed by atoms with Crippen LogP contribution in [-0.4, -0.2) is 20.9 Å². The molecule has 3 rings (SSSR count). The summed E-state index contributed by atoms with van der Waals surface area (Å²) < 4.78 is 29.0. The van der Waals surface area contributed by atoms with Gasteiger partial charge >= 0.3 is 0 Å². The second-order valence-corrected chi connectivity index (χ2v) is 9.53. The van der Waals surface area contributed by atoms with Crippen LogP contribution in [0.2, 0.25) is 0 Å². The van der Waals surface area contributed by atoms with Crippen molar-refractivity contribution >= 4 is 21.6 Å². The van der Waals surface area contributed by atoms with E-state index in [1.807, 2.05) is 37.3 Å². The molecule has 1 atom stereocenters. The number of benzene rings is 2. The molecule has 0 spiro atoms. The first-order valence-electron chi connectivity index (χ1n) is 9.76. The fraction of sp³-hybridized carbons (Fsp3) is 0.409. The van der Waals surface area contributed by atoms with Gasteiger partial charge in [0.15, 0.2) is 0 Å². The summed E-state index contributed by atoms with van der Waals surface area (Å²) in [5.41, 5.74) is 2.54. The van der Waals surface area contributed by atoms with Gasteiger partial charge in [-0.15, -0.1) is 0 Å². The molecule has 1 N–H and O–H groups in total. The first kappa shape index (κ1) is 20.6. The van der Waals surface area contributed by atoms with E-state index in [0.717, 1.165) is 23.2 Å². The van der Waals surface area contributed by atoms with Gasteiger partial charge in [-0.05, 0) is 55.0 Å². The van der Waals surface area contributed by atoms with Crippen molar-refractivity contribution < 1.29 is 13.2 Å². The van der Waals surface area contributed by atoms with E-state index in [1.165, 1.54) is 0 Å². The van der Waals surface area contributed by atoms with Crippen LogP contribution in [0.15, 0.2) is 53.4 Å². The second-order valence-electron chi connectivity index (χ2n) is 7.81. The van der Waals surface area contributed by atoms with Gasteiger partial charge in [-0.25, -0.2) is 13.1 Å². The summed E-state index contributed by atoms with van der Waals surface area (Å²) in [5, 5.41) is 0. The van der Waals surface area contributed by atoms with Gasteiger partial charge < -0.3 is 4.90 Å². The van der Waals surface area contributed by atoms with Crippen LogP contribution in [0.25, 0.3) is 0 Å². The Morgan fingerprint density at radius 2 is 1.82 bits per heavy atom. The largest absolute Gasteiger partial charge is 0.312 e. The van der Waals surface area contributed by atoms with E-state index in [1.54, 1.807) is 23.1 Å². The van der Waals surface area contributed by atoms with Gasteiger partial charge in [0.1, 0.15) is 0 Å². The number of sulfonamides is 1. The maximum atomic E-state index is 13.1. The van der Waals surface area contributed by atoms with E-state index in [2.05, 4.69) is 18.6 Å². The highest BCUT2D eigenvalue weighted by atomic mass is 32.2. The Kier molecular flexibility index (Phi) is 6.20. The molecule has 1 amide bonds. The maximum Gasteiger partial charge on any atom is 0.241 e. The van der Waals surface area contributed by atoms with Gasteiger partial charge in [0.05, 0.1) is 4.90 Å². The van der Waals surface area contributed by atoms with Crippen LogP contribution in [0.3, 0.4) is 0 Å². The van der Waals surface area contributed by atoms with Gasteiger partial charge in [-0.3, -0.25) is 4.79 Å². The predicted molar refractivity (Wildman–Crippen MR) is 112 cm³/mol. The third kappa shape index (κ3) is 4.62. The van der Waals surface area contributed by atoms with Gasteiger partial charge in [0.25, 0.3) is 0 Å². The van der Waals surface area contributed by atoms with Crippen LogP contribution in [0.5, 0.6) is 0 Å². The molecule has 1 heterocycles. The molecular formula is C22H28N2O3S. The van der Waals surface area contributed by atoms with Crippen LogP contribution >= 0.6 is 0 Å². The highest BCUT2D eigenvalue weighted by Crippen LogP contribution is 2.29. The summed E-state index contributed by atoms with van der Waals surface area (Å²) >= 11 is 0. The zero-order valence-corrected chi connectivity index (χ0v) is 17.5. The van der Waals surface area contributed by atoms with Crippen molar-refractivity contribution in [3.8, 4) is 0 Å². The fourth-order valence-corrected chi connectivity index (χ4v) is 4.99. The first-order valence-corrected chi connectivity index (χ1v) is 11.2. The predicted octanol–water partition coefficient (Wildman–Crippen LogP) is 4.19. The first-order chi connectivity index (χ1) is 13.3. The average molecular weight is 401 g/mol. The SMILES string of the molecule is Cc1cc(S(=O)(=O)N[C@H](CC(C)C)c2ccccc2)ccc1N1CCCC1=O. The molecule has 5 nitrogen and oxygen atoms in total. The van der Waals surface area contributed by atoms with Crippen molar-refractivity contribution in [2.24, 2.45) is 5.92 Å². The number of carbonyl (C=O) groups is 1. The molecule has 1 fully saturated rings. The molecule has 0 aliphatic carbocycles. The number of rotatable bonds is 7. The van der Waals surface area contributed by atoms with Crippen LogP contribution < -0.4 is 9.62 Å². The number of anilines is 1. The molecular weight excluding hydrogens is 372 g/mol. The highest BCUT2D eigenvalue weighted by Gasteiger charge is 2.26. The van der Waals surface area contributed by atoms with Crippen molar-refractivity contribution in [1.82, 2.24) is 4.72 Å². The van der Waals surface area contributed by atoms with Gasteiger partial charge in [-0.1, -0.05) is 44.2 Å². The Morgan fingerprint density at radius 1 is 1.11 bits per heavy atom. The molecule has 6 heteroatoms. The van der Waals surface area contributed by atoms with E-state index >= 15 is 0 Å². The zero-order chi connectivity index (χ0) is 20.3. The minimum atomic E-state index is -3.68. The molecule has 150 valence electrons. The molecule has 0 saturated carbocycles. The Hall–Kier alpha value is -2.18. The highest BCUT2D eigenvalue weighted by molar-refractivity contribution is 7.89. The lowest BCUT2D eigenvalue weighted by Crippen LogP contribution is -2.30. The van der Waals surface area contributed by atoms with E-state index in [-0.39, 0.29) is 16.8 Å². The van der Waals surface area contributed by atoms with Crippen molar-refractivity contribution in [3.05, 3.63) is 59.7 Å². The topological polar surface area (TPSA) is 66.5 Å². The van der Waals surface area contributed by atoms with E-state index < -0.39 is 10.0 Å². The van der Waals surface area contributed by atoms with Crippen molar-refractivity contribution in [1.29, 1.82) is 0 Å². The quantitative estimate of drug-likeness (QED) is 0.758. The Bertz CT molecular complexity index is 940. The Balaban J connectivity index is 1.86. The molecule has 1 saturated heterocycles. The third-order valence-corrected chi connectivity index (χ3v) is 6.52. The lowest BCUT2D eigenvalue weighted by molar-refractivity contribution is -0.117. The van der Waals surface area contributed by atoms with E-state index in [0.29, 0.717) is 25.3 Å². The molecule has 1 aliphatic rings. The molecule has 0 aromatic heterocycles. The van der Waals surface area contributed by atoms with Crippen LogP contribution in [0.4, 0.5) is 5.69 Å².